The number of carbonyl (C=O) groups excluding carboxylic acids is 1. The van der Waals surface area contributed by atoms with Gasteiger partial charge in [0.1, 0.15) is 5.78 Å². The van der Waals surface area contributed by atoms with Crippen LogP contribution in [0.25, 0.3) is 10.8 Å². The lowest BCUT2D eigenvalue weighted by Crippen LogP contribution is -2.50. The number of benzene rings is 2. The van der Waals surface area contributed by atoms with Gasteiger partial charge in [0.2, 0.25) is 0 Å². The zero-order valence-corrected chi connectivity index (χ0v) is 20.6. The molecule has 0 unspecified atom stereocenters. The van der Waals surface area contributed by atoms with E-state index in [4.69, 9.17) is 0 Å². The van der Waals surface area contributed by atoms with Crippen LogP contribution in [0.3, 0.4) is 0 Å². The highest BCUT2D eigenvalue weighted by Gasteiger charge is 2.58. The summed E-state index contributed by atoms with van der Waals surface area (Å²) in [6, 6.07) is 15.4. The number of Topliss-reactive ketones (excluding diaryl/α,β-unsaturated/α-hetero) is 1. The molecule has 6 atom stereocenters. The van der Waals surface area contributed by atoms with Gasteiger partial charge in [-0.25, -0.2) is 0 Å². The third-order valence-electron chi connectivity index (χ3n) is 10.0. The van der Waals surface area contributed by atoms with Crippen molar-refractivity contribution >= 4 is 28.3 Å². The number of rotatable bonds is 4. The predicted octanol–water partition coefficient (Wildman–Crippen LogP) is 7.19. The Morgan fingerprint density at radius 1 is 1.03 bits per heavy atom. The lowest BCUT2D eigenvalue weighted by molar-refractivity contribution is -0.118. The monoisotopic (exact) mass is 460 g/mol. The van der Waals surface area contributed by atoms with E-state index in [1.54, 1.807) is 0 Å². The SMILES string of the molecule is C[C@]12CC[C@H](O)CC1=CC[C@H]1[C@@H]3CC(=O)C[C@@]3(CCSc3ccc4ccccc4c3)CC[C@@H]12. The summed E-state index contributed by atoms with van der Waals surface area (Å²) in [4.78, 5) is 14.2. The zero-order valence-electron chi connectivity index (χ0n) is 19.8. The molecule has 3 saturated carbocycles. The van der Waals surface area contributed by atoms with Crippen LogP contribution in [-0.2, 0) is 4.79 Å². The van der Waals surface area contributed by atoms with E-state index in [0.717, 1.165) is 50.7 Å². The molecule has 2 nitrogen and oxygen atoms in total. The first kappa shape index (κ1) is 21.9. The van der Waals surface area contributed by atoms with Crippen LogP contribution in [0.4, 0.5) is 0 Å². The van der Waals surface area contributed by atoms with E-state index in [-0.39, 0.29) is 16.9 Å². The second-order valence-corrected chi connectivity index (χ2v) is 12.8. The van der Waals surface area contributed by atoms with Crippen LogP contribution in [0.15, 0.2) is 59.0 Å². The van der Waals surface area contributed by atoms with Gasteiger partial charge in [-0.1, -0.05) is 48.9 Å². The van der Waals surface area contributed by atoms with Crippen LogP contribution in [0.2, 0.25) is 0 Å². The number of allylic oxidation sites excluding steroid dienone is 1. The van der Waals surface area contributed by atoms with Crippen LogP contribution in [0.1, 0.15) is 64.7 Å². The van der Waals surface area contributed by atoms with E-state index in [2.05, 4.69) is 55.5 Å². The number of hydrogen-bond donors (Lipinski definition) is 1. The van der Waals surface area contributed by atoms with Crippen molar-refractivity contribution in [3.63, 3.8) is 0 Å². The number of thioether (sulfide) groups is 1. The fourth-order valence-corrected chi connectivity index (χ4v) is 9.38. The van der Waals surface area contributed by atoms with E-state index in [1.165, 1.54) is 34.1 Å². The molecule has 0 spiro atoms. The maximum Gasteiger partial charge on any atom is 0.133 e. The summed E-state index contributed by atoms with van der Waals surface area (Å²) in [5.41, 5.74) is 1.99. The van der Waals surface area contributed by atoms with Crippen LogP contribution < -0.4 is 0 Å². The summed E-state index contributed by atoms with van der Waals surface area (Å²) >= 11 is 1.97. The minimum Gasteiger partial charge on any atom is -0.393 e. The van der Waals surface area contributed by atoms with Crippen molar-refractivity contribution in [1.29, 1.82) is 0 Å². The van der Waals surface area contributed by atoms with Gasteiger partial charge < -0.3 is 5.11 Å². The first-order chi connectivity index (χ1) is 16.0. The van der Waals surface area contributed by atoms with Crippen molar-refractivity contribution in [2.24, 2.45) is 28.6 Å². The van der Waals surface area contributed by atoms with E-state index in [9.17, 15) is 9.90 Å². The van der Waals surface area contributed by atoms with Crippen molar-refractivity contribution in [2.75, 3.05) is 5.75 Å². The summed E-state index contributed by atoms with van der Waals surface area (Å²) in [5, 5.41) is 12.9. The molecule has 3 heteroatoms. The van der Waals surface area contributed by atoms with E-state index in [0.29, 0.717) is 23.5 Å². The number of hydrogen-bond acceptors (Lipinski definition) is 3. The molecule has 0 heterocycles. The van der Waals surface area contributed by atoms with Gasteiger partial charge in [-0.2, -0.15) is 0 Å². The Hall–Kier alpha value is -1.58. The average Bonchev–Trinajstić information content (AvgIpc) is 3.15. The normalized spacial score (nSPS) is 37.9. The van der Waals surface area contributed by atoms with Gasteiger partial charge in [0.25, 0.3) is 0 Å². The molecule has 0 radical (unpaired) electrons. The standard InChI is InChI=1S/C30H36O2S/c1-29-12-10-23(31)17-22(29)7-9-26-27(29)11-13-30(19-24(32)18-28(26)30)14-15-33-25-8-6-20-4-2-3-5-21(20)16-25/h2-8,16,23,26-28,31H,9-15,17-19H2,1H3/t23-,26+,27-,28-,29-,30-/m0/s1. The van der Waals surface area contributed by atoms with Crippen molar-refractivity contribution in [2.45, 2.75) is 75.7 Å². The Morgan fingerprint density at radius 3 is 2.76 bits per heavy atom. The molecule has 2 aromatic rings. The lowest BCUT2D eigenvalue weighted by Gasteiger charge is -2.57. The average molecular weight is 461 g/mol. The van der Waals surface area contributed by atoms with Crippen LogP contribution in [0.5, 0.6) is 0 Å². The summed E-state index contributed by atoms with van der Waals surface area (Å²) in [5.74, 6) is 3.52. The minimum absolute atomic E-state index is 0.149. The summed E-state index contributed by atoms with van der Waals surface area (Å²) in [6.07, 6.45) is 11.6. The number of aliphatic hydroxyl groups excluding tert-OH is 1. The third-order valence-corrected chi connectivity index (χ3v) is 11.0. The first-order valence-electron chi connectivity index (χ1n) is 13.0. The maximum atomic E-state index is 12.8. The molecule has 3 fully saturated rings. The highest BCUT2D eigenvalue weighted by molar-refractivity contribution is 7.99. The molecule has 4 aliphatic carbocycles. The number of fused-ring (bicyclic) bond motifs is 6. The molecule has 6 rings (SSSR count). The minimum atomic E-state index is -0.149. The number of aliphatic hydroxyl groups is 1. The molecule has 0 aliphatic heterocycles. The third kappa shape index (κ3) is 3.71. The van der Waals surface area contributed by atoms with Gasteiger partial charge >= 0.3 is 0 Å². The highest BCUT2D eigenvalue weighted by Crippen LogP contribution is 2.65. The molecule has 0 saturated heterocycles. The largest absolute Gasteiger partial charge is 0.393 e. The highest BCUT2D eigenvalue weighted by atomic mass is 32.2. The Kier molecular flexibility index (Phi) is 5.49. The molecule has 4 aliphatic rings. The van der Waals surface area contributed by atoms with E-state index < -0.39 is 0 Å². The second kappa shape index (κ2) is 8.27. The van der Waals surface area contributed by atoms with Gasteiger partial charge in [0.05, 0.1) is 6.10 Å². The molecular weight excluding hydrogens is 424 g/mol. The summed E-state index contributed by atoms with van der Waals surface area (Å²) < 4.78 is 0. The summed E-state index contributed by atoms with van der Waals surface area (Å²) in [6.45, 7) is 2.47. The van der Waals surface area contributed by atoms with Gasteiger partial charge in [-0.15, -0.1) is 11.8 Å². The quantitative estimate of drug-likeness (QED) is 0.387. The maximum absolute atomic E-state index is 12.8. The van der Waals surface area contributed by atoms with Gasteiger partial charge in [0.15, 0.2) is 0 Å². The van der Waals surface area contributed by atoms with Gasteiger partial charge in [-0.05, 0) is 102 Å². The fraction of sp³-hybridized carbons (Fsp3) is 0.567. The van der Waals surface area contributed by atoms with Crippen LogP contribution in [0, 0.1) is 28.6 Å². The molecule has 33 heavy (non-hydrogen) atoms. The summed E-state index contributed by atoms with van der Waals surface area (Å²) in [7, 11) is 0. The number of ketones is 1. The Bertz CT molecular complexity index is 1110. The van der Waals surface area contributed by atoms with Crippen molar-refractivity contribution < 1.29 is 9.90 Å². The van der Waals surface area contributed by atoms with E-state index in [1.807, 2.05) is 11.8 Å². The van der Waals surface area contributed by atoms with E-state index >= 15 is 0 Å². The topological polar surface area (TPSA) is 37.3 Å². The van der Waals surface area contributed by atoms with Crippen LogP contribution >= 0.6 is 11.8 Å². The second-order valence-electron chi connectivity index (χ2n) is 11.6. The molecule has 0 amide bonds. The first-order valence-corrected chi connectivity index (χ1v) is 14.0. The molecule has 0 aromatic heterocycles. The molecule has 174 valence electrons. The Balaban J connectivity index is 1.20. The van der Waals surface area contributed by atoms with Crippen LogP contribution in [-0.4, -0.2) is 22.7 Å². The van der Waals surface area contributed by atoms with Gasteiger partial charge in [-0.3, -0.25) is 4.79 Å². The van der Waals surface area contributed by atoms with Gasteiger partial charge in [0, 0.05) is 17.7 Å². The molecule has 0 bridgehead atoms. The van der Waals surface area contributed by atoms with Crippen molar-refractivity contribution in [1.82, 2.24) is 0 Å². The molecular formula is C30H36O2S. The fourth-order valence-electron chi connectivity index (χ4n) is 8.26. The number of carbonyl (C=O) groups is 1. The Morgan fingerprint density at radius 2 is 1.88 bits per heavy atom. The molecule has 1 N–H and O–H groups in total. The Labute approximate surface area is 202 Å². The smallest absolute Gasteiger partial charge is 0.133 e. The van der Waals surface area contributed by atoms with Crippen molar-refractivity contribution in [3.8, 4) is 0 Å². The lowest BCUT2D eigenvalue weighted by atomic mass is 9.47. The molecule has 2 aromatic carbocycles. The van der Waals surface area contributed by atoms with Crippen molar-refractivity contribution in [3.05, 3.63) is 54.1 Å². The zero-order chi connectivity index (χ0) is 22.6. The predicted molar refractivity (Wildman–Crippen MR) is 136 cm³/mol.